The molecule has 3 N–H and O–H groups in total. The summed E-state index contributed by atoms with van der Waals surface area (Å²) in [5.74, 6) is 0.612. The van der Waals surface area contributed by atoms with Crippen molar-refractivity contribution in [2.24, 2.45) is 0 Å². The van der Waals surface area contributed by atoms with Crippen LogP contribution < -0.4 is 10.9 Å². The summed E-state index contributed by atoms with van der Waals surface area (Å²) < 4.78 is 26.6. The number of H-pyrrole nitrogens is 1. The Morgan fingerprint density at radius 2 is 1.72 bits per heavy atom. The standard InChI is InChI=1S/C21H26N4O3S/c1-4-25(5-2)29(27,28)17-12-10-16(11-13-17)15(3)22-14-20-23-19-9-7-6-8-18(19)21(26)24-20/h6-13,15,22H,4-5,14H2,1-3H3,(H,23,24,26)/p+1/t15-/m0/s1. The van der Waals surface area contributed by atoms with Crippen LogP contribution in [0.5, 0.6) is 0 Å². The quantitative estimate of drug-likeness (QED) is 0.586. The first-order valence-electron chi connectivity index (χ1n) is 9.78. The van der Waals surface area contributed by atoms with Gasteiger partial charge in [-0.1, -0.05) is 38.1 Å². The largest absolute Gasteiger partial charge is 0.334 e. The van der Waals surface area contributed by atoms with Crippen molar-refractivity contribution >= 4 is 20.9 Å². The van der Waals surface area contributed by atoms with E-state index in [0.717, 1.165) is 5.56 Å². The Hall–Kier alpha value is -2.55. The van der Waals surface area contributed by atoms with Crippen molar-refractivity contribution < 1.29 is 13.7 Å². The van der Waals surface area contributed by atoms with Crippen LogP contribution in [0.3, 0.4) is 0 Å². The Kier molecular flexibility index (Phi) is 6.46. The molecule has 0 unspecified atom stereocenters. The van der Waals surface area contributed by atoms with Gasteiger partial charge in [0.05, 0.1) is 15.8 Å². The van der Waals surface area contributed by atoms with Crippen LogP contribution in [-0.2, 0) is 16.6 Å². The highest BCUT2D eigenvalue weighted by Crippen LogP contribution is 2.18. The third-order valence-corrected chi connectivity index (χ3v) is 7.14. The molecule has 0 aliphatic carbocycles. The van der Waals surface area contributed by atoms with E-state index in [9.17, 15) is 13.2 Å². The highest BCUT2D eigenvalue weighted by atomic mass is 32.2. The summed E-state index contributed by atoms with van der Waals surface area (Å²) in [6, 6.07) is 14.3. The van der Waals surface area contributed by atoms with Crippen LogP contribution in [0.15, 0.2) is 58.2 Å². The fraction of sp³-hybridized carbons (Fsp3) is 0.333. The molecule has 0 bridgehead atoms. The molecule has 1 atom stereocenters. The van der Waals surface area contributed by atoms with Gasteiger partial charge in [0, 0.05) is 18.7 Å². The summed E-state index contributed by atoms with van der Waals surface area (Å²) in [5.41, 5.74) is 1.54. The molecular weight excluding hydrogens is 388 g/mol. The molecule has 0 radical (unpaired) electrons. The zero-order valence-electron chi connectivity index (χ0n) is 16.9. The van der Waals surface area contributed by atoms with Crippen molar-refractivity contribution in [3.63, 3.8) is 0 Å². The molecule has 29 heavy (non-hydrogen) atoms. The zero-order valence-corrected chi connectivity index (χ0v) is 17.7. The van der Waals surface area contributed by atoms with Gasteiger partial charge >= 0.3 is 0 Å². The average molecular weight is 416 g/mol. The minimum atomic E-state index is -3.45. The van der Waals surface area contributed by atoms with E-state index < -0.39 is 10.0 Å². The predicted molar refractivity (Wildman–Crippen MR) is 113 cm³/mol. The van der Waals surface area contributed by atoms with Gasteiger partial charge in [-0.3, -0.25) is 4.79 Å². The van der Waals surface area contributed by atoms with Crippen LogP contribution in [0.25, 0.3) is 10.9 Å². The molecular formula is C21H27N4O3S+. The monoisotopic (exact) mass is 415 g/mol. The highest BCUT2D eigenvalue weighted by molar-refractivity contribution is 7.89. The topological polar surface area (TPSA) is 99.7 Å². The van der Waals surface area contributed by atoms with E-state index in [-0.39, 0.29) is 11.6 Å². The summed E-state index contributed by atoms with van der Waals surface area (Å²) in [6.45, 7) is 7.10. The van der Waals surface area contributed by atoms with Crippen LogP contribution in [0.2, 0.25) is 0 Å². The Morgan fingerprint density at radius 1 is 1.07 bits per heavy atom. The number of quaternary nitrogens is 1. The number of nitrogens with two attached hydrogens (primary N) is 1. The van der Waals surface area contributed by atoms with Crippen LogP contribution in [0, 0.1) is 0 Å². The minimum Gasteiger partial charge on any atom is -0.334 e. The summed E-state index contributed by atoms with van der Waals surface area (Å²) in [4.78, 5) is 19.8. The van der Waals surface area contributed by atoms with Crippen LogP contribution in [0.4, 0.5) is 0 Å². The molecule has 0 fully saturated rings. The van der Waals surface area contributed by atoms with Gasteiger partial charge in [-0.2, -0.15) is 4.31 Å². The smallest absolute Gasteiger partial charge is 0.258 e. The Balaban J connectivity index is 1.72. The second kappa shape index (κ2) is 8.86. The maximum absolute atomic E-state index is 12.6. The van der Waals surface area contributed by atoms with Gasteiger partial charge < -0.3 is 10.3 Å². The first-order valence-corrected chi connectivity index (χ1v) is 11.2. The number of hydrogen-bond donors (Lipinski definition) is 2. The SMILES string of the molecule is CCN(CC)S(=O)(=O)c1ccc([C@H](C)[NH2+]Cc2nc3ccccc3c(=O)[nH]2)cc1. The molecule has 0 spiro atoms. The average Bonchev–Trinajstić information content (AvgIpc) is 2.73. The number of nitrogens with zero attached hydrogens (tertiary/aromatic N) is 2. The van der Waals surface area contributed by atoms with E-state index in [1.54, 1.807) is 18.2 Å². The molecule has 7 nitrogen and oxygen atoms in total. The number of nitrogens with one attached hydrogen (secondary N) is 1. The van der Waals surface area contributed by atoms with Crippen molar-refractivity contribution in [1.29, 1.82) is 0 Å². The van der Waals surface area contributed by atoms with Gasteiger partial charge in [0.25, 0.3) is 5.56 Å². The zero-order chi connectivity index (χ0) is 21.0. The molecule has 3 rings (SSSR count). The fourth-order valence-electron chi connectivity index (χ4n) is 3.31. The van der Waals surface area contributed by atoms with Gasteiger partial charge in [0.1, 0.15) is 12.6 Å². The molecule has 8 heteroatoms. The lowest BCUT2D eigenvalue weighted by Gasteiger charge is -2.19. The first kappa shape index (κ1) is 21.2. The van der Waals surface area contributed by atoms with Crippen molar-refractivity contribution in [2.75, 3.05) is 13.1 Å². The van der Waals surface area contributed by atoms with Crippen LogP contribution in [0.1, 0.15) is 38.2 Å². The molecule has 0 amide bonds. The molecule has 0 aliphatic rings. The third-order valence-electron chi connectivity index (χ3n) is 5.08. The molecule has 1 heterocycles. The number of fused-ring (bicyclic) bond motifs is 1. The lowest BCUT2D eigenvalue weighted by molar-refractivity contribution is -0.708. The van der Waals surface area contributed by atoms with Crippen molar-refractivity contribution in [3.8, 4) is 0 Å². The maximum atomic E-state index is 12.6. The van der Waals surface area contributed by atoms with Gasteiger partial charge in [-0.25, -0.2) is 13.4 Å². The Morgan fingerprint density at radius 3 is 2.38 bits per heavy atom. The lowest BCUT2D eigenvalue weighted by Crippen LogP contribution is -2.83. The fourth-order valence-corrected chi connectivity index (χ4v) is 4.77. The summed E-state index contributed by atoms with van der Waals surface area (Å²) in [5, 5.41) is 2.63. The van der Waals surface area contributed by atoms with E-state index in [2.05, 4.69) is 15.3 Å². The first-order chi connectivity index (χ1) is 13.9. The van der Waals surface area contributed by atoms with Crippen molar-refractivity contribution in [1.82, 2.24) is 14.3 Å². The second-order valence-corrected chi connectivity index (χ2v) is 8.85. The van der Waals surface area contributed by atoms with E-state index in [1.807, 2.05) is 51.1 Å². The number of hydrogen-bond acceptors (Lipinski definition) is 4. The number of aromatic nitrogens is 2. The normalized spacial score (nSPS) is 13.1. The Labute approximate surface area is 170 Å². The van der Waals surface area contributed by atoms with Crippen molar-refractivity contribution in [3.05, 3.63) is 70.3 Å². The second-order valence-electron chi connectivity index (χ2n) is 6.92. The van der Waals surface area contributed by atoms with E-state index in [4.69, 9.17) is 0 Å². The van der Waals surface area contributed by atoms with E-state index >= 15 is 0 Å². The van der Waals surface area contributed by atoms with Crippen molar-refractivity contribution in [2.45, 2.75) is 38.3 Å². The number of benzene rings is 2. The summed E-state index contributed by atoms with van der Waals surface area (Å²) >= 11 is 0. The lowest BCUT2D eigenvalue weighted by atomic mass is 10.1. The number of sulfonamides is 1. The number of rotatable bonds is 8. The van der Waals surface area contributed by atoms with Gasteiger partial charge in [-0.05, 0) is 31.2 Å². The predicted octanol–water partition coefficient (Wildman–Crippen LogP) is 1.78. The summed E-state index contributed by atoms with van der Waals surface area (Å²) in [7, 11) is -3.45. The highest BCUT2D eigenvalue weighted by Gasteiger charge is 2.22. The molecule has 0 saturated carbocycles. The number of aromatic amines is 1. The molecule has 1 aromatic heterocycles. The van der Waals surface area contributed by atoms with Gasteiger partial charge in [0.2, 0.25) is 10.0 Å². The molecule has 3 aromatic rings. The van der Waals surface area contributed by atoms with Crippen LogP contribution >= 0.6 is 0 Å². The maximum Gasteiger partial charge on any atom is 0.258 e. The van der Waals surface area contributed by atoms with Crippen LogP contribution in [-0.4, -0.2) is 35.8 Å². The molecule has 0 aliphatic heterocycles. The third kappa shape index (κ3) is 4.55. The van der Waals surface area contributed by atoms with Gasteiger partial charge in [0.15, 0.2) is 5.82 Å². The molecule has 2 aromatic carbocycles. The Bertz CT molecular complexity index is 1140. The van der Waals surface area contributed by atoms with Gasteiger partial charge in [-0.15, -0.1) is 0 Å². The van der Waals surface area contributed by atoms with E-state index in [0.29, 0.717) is 41.3 Å². The minimum absolute atomic E-state index is 0.0805. The molecule has 0 saturated heterocycles. The molecule has 154 valence electrons. The number of para-hydroxylation sites is 1. The summed E-state index contributed by atoms with van der Waals surface area (Å²) in [6.07, 6.45) is 0. The van der Waals surface area contributed by atoms with E-state index in [1.165, 1.54) is 4.31 Å².